The molecule has 0 saturated heterocycles. The maximum absolute atomic E-state index is 12.8. The van der Waals surface area contributed by atoms with E-state index in [4.69, 9.17) is 11.6 Å². The minimum Gasteiger partial charge on any atom is -0.481 e. The number of hydrogen-bond donors (Lipinski definition) is 2. The van der Waals surface area contributed by atoms with Gasteiger partial charge in [-0.1, -0.05) is 28.8 Å². The molecule has 5 heteroatoms. The Kier molecular flexibility index (Phi) is 4.43. The number of rotatable bonds is 3. The summed E-state index contributed by atoms with van der Waals surface area (Å²) < 4.78 is 0. The third-order valence-corrected chi connectivity index (χ3v) is 5.85. The van der Waals surface area contributed by atoms with Crippen molar-refractivity contribution in [1.29, 1.82) is 0 Å². The fraction of sp³-hybridized carbons (Fsp3) is 0.474. The minimum absolute atomic E-state index is 0.00476. The van der Waals surface area contributed by atoms with Gasteiger partial charge in [0.1, 0.15) is 0 Å². The van der Waals surface area contributed by atoms with E-state index < -0.39 is 17.8 Å². The Morgan fingerprint density at radius 3 is 2.33 bits per heavy atom. The minimum atomic E-state index is -0.872. The van der Waals surface area contributed by atoms with Crippen molar-refractivity contribution in [2.24, 2.45) is 23.7 Å². The molecule has 24 heavy (non-hydrogen) atoms. The number of allylic oxidation sites excluding steroid dienone is 2. The lowest BCUT2D eigenvalue weighted by Crippen LogP contribution is -2.37. The van der Waals surface area contributed by atoms with Crippen LogP contribution in [0.1, 0.15) is 32.3 Å². The van der Waals surface area contributed by atoms with Crippen LogP contribution in [-0.2, 0) is 9.59 Å². The number of nitrogens with one attached hydrogen (secondary N) is 1. The fourth-order valence-electron chi connectivity index (χ4n) is 4.50. The van der Waals surface area contributed by atoms with E-state index >= 15 is 0 Å². The molecule has 0 heterocycles. The fourth-order valence-corrected chi connectivity index (χ4v) is 4.68. The maximum Gasteiger partial charge on any atom is 0.307 e. The molecule has 2 bridgehead atoms. The lowest BCUT2D eigenvalue weighted by Gasteiger charge is -2.26. The second-order valence-electron chi connectivity index (χ2n) is 7.09. The number of carbonyl (C=O) groups is 2. The molecule has 2 saturated carbocycles. The van der Waals surface area contributed by atoms with E-state index in [2.05, 4.69) is 5.32 Å². The Labute approximate surface area is 146 Å². The first kappa shape index (κ1) is 17.0. The highest BCUT2D eigenvalue weighted by molar-refractivity contribution is 6.31. The lowest BCUT2D eigenvalue weighted by atomic mass is 9.78. The maximum atomic E-state index is 12.8. The van der Waals surface area contributed by atoms with E-state index in [-0.39, 0.29) is 17.7 Å². The number of halogens is 1. The third kappa shape index (κ3) is 2.73. The van der Waals surface area contributed by atoms with Gasteiger partial charge in [0.05, 0.1) is 11.8 Å². The van der Waals surface area contributed by atoms with Crippen LogP contribution in [0.15, 0.2) is 29.3 Å². The van der Waals surface area contributed by atoms with Crippen LogP contribution in [0, 0.1) is 30.6 Å². The number of carboxylic acids is 1. The molecule has 1 aromatic carbocycles. The average Bonchev–Trinajstić information content (AvgIpc) is 3.06. The first-order valence-electron chi connectivity index (χ1n) is 8.28. The topological polar surface area (TPSA) is 66.4 Å². The molecule has 2 N–H and O–H groups in total. The van der Waals surface area contributed by atoms with Gasteiger partial charge in [-0.2, -0.15) is 0 Å². The van der Waals surface area contributed by atoms with Crippen molar-refractivity contribution in [3.63, 3.8) is 0 Å². The summed E-state index contributed by atoms with van der Waals surface area (Å²) in [5, 5.41) is 13.1. The Morgan fingerprint density at radius 2 is 1.79 bits per heavy atom. The van der Waals surface area contributed by atoms with Gasteiger partial charge < -0.3 is 10.4 Å². The summed E-state index contributed by atoms with van der Waals surface area (Å²) in [6.45, 7) is 5.92. The molecule has 0 unspecified atom stereocenters. The highest BCUT2D eigenvalue weighted by Gasteiger charge is 2.57. The summed E-state index contributed by atoms with van der Waals surface area (Å²) in [5.74, 6) is -2.19. The Hall–Kier alpha value is -1.81. The summed E-state index contributed by atoms with van der Waals surface area (Å²) >= 11 is 6.11. The van der Waals surface area contributed by atoms with Gasteiger partial charge >= 0.3 is 5.97 Å². The number of amides is 1. The quantitative estimate of drug-likeness (QED) is 0.802. The third-order valence-electron chi connectivity index (χ3n) is 5.45. The highest BCUT2D eigenvalue weighted by Crippen LogP contribution is 2.57. The monoisotopic (exact) mass is 347 g/mol. The van der Waals surface area contributed by atoms with Crippen LogP contribution in [0.4, 0.5) is 5.69 Å². The SMILES string of the molecule is CC(C)=C1[C@H]2CC[C@@H]1[C@H](C(=O)Nc1ccc(C)c(Cl)c1)[C@H]2C(=O)O. The molecule has 2 aliphatic carbocycles. The van der Waals surface area contributed by atoms with Crippen molar-refractivity contribution in [3.8, 4) is 0 Å². The molecule has 2 fully saturated rings. The van der Waals surface area contributed by atoms with Crippen molar-refractivity contribution in [2.45, 2.75) is 33.6 Å². The summed E-state index contributed by atoms with van der Waals surface area (Å²) in [6.07, 6.45) is 1.75. The molecule has 1 aromatic rings. The Balaban J connectivity index is 1.89. The molecule has 4 atom stereocenters. The zero-order chi connectivity index (χ0) is 17.6. The van der Waals surface area contributed by atoms with Crippen molar-refractivity contribution < 1.29 is 14.7 Å². The van der Waals surface area contributed by atoms with Crippen LogP contribution in [0.5, 0.6) is 0 Å². The molecular formula is C19H22ClNO3. The largest absolute Gasteiger partial charge is 0.481 e. The second kappa shape index (κ2) is 6.25. The van der Waals surface area contributed by atoms with Gasteiger partial charge in [-0.05, 0) is 63.1 Å². The van der Waals surface area contributed by atoms with Gasteiger partial charge in [0.25, 0.3) is 0 Å². The molecule has 1 amide bonds. The van der Waals surface area contributed by atoms with Gasteiger partial charge in [-0.3, -0.25) is 9.59 Å². The first-order valence-corrected chi connectivity index (χ1v) is 8.66. The predicted octanol–water partition coefficient (Wildman–Crippen LogP) is 4.28. The molecule has 3 rings (SSSR count). The molecule has 128 valence electrons. The summed E-state index contributed by atoms with van der Waals surface area (Å²) in [6, 6.07) is 5.35. The Bertz CT molecular complexity index is 736. The van der Waals surface area contributed by atoms with Crippen molar-refractivity contribution >= 4 is 29.2 Å². The van der Waals surface area contributed by atoms with Crippen LogP contribution in [-0.4, -0.2) is 17.0 Å². The summed E-state index contributed by atoms with van der Waals surface area (Å²) in [5.41, 5.74) is 3.89. The van der Waals surface area contributed by atoms with E-state index in [1.165, 1.54) is 5.57 Å². The molecule has 0 spiro atoms. The zero-order valence-electron chi connectivity index (χ0n) is 14.1. The lowest BCUT2D eigenvalue weighted by molar-refractivity contribution is -0.148. The van der Waals surface area contributed by atoms with Crippen LogP contribution in [0.25, 0.3) is 0 Å². The van der Waals surface area contributed by atoms with Crippen LogP contribution in [0.3, 0.4) is 0 Å². The number of aliphatic carboxylic acids is 1. The van der Waals surface area contributed by atoms with E-state index in [1.807, 2.05) is 26.8 Å². The van der Waals surface area contributed by atoms with Crippen molar-refractivity contribution in [1.82, 2.24) is 0 Å². The van der Waals surface area contributed by atoms with Gasteiger partial charge in [-0.25, -0.2) is 0 Å². The van der Waals surface area contributed by atoms with Crippen molar-refractivity contribution in [3.05, 3.63) is 39.9 Å². The molecule has 0 aliphatic heterocycles. The van der Waals surface area contributed by atoms with Crippen LogP contribution in [0.2, 0.25) is 5.02 Å². The van der Waals surface area contributed by atoms with Gasteiger partial charge in [0.2, 0.25) is 5.91 Å². The zero-order valence-corrected chi connectivity index (χ0v) is 14.9. The number of carboxylic acid groups (broad SMARTS) is 1. The predicted molar refractivity (Wildman–Crippen MR) is 94.0 cm³/mol. The van der Waals surface area contributed by atoms with E-state index in [0.717, 1.165) is 24.0 Å². The molecule has 0 radical (unpaired) electrons. The van der Waals surface area contributed by atoms with Gasteiger partial charge in [0, 0.05) is 10.7 Å². The summed E-state index contributed by atoms with van der Waals surface area (Å²) in [4.78, 5) is 24.6. The van der Waals surface area contributed by atoms with Gasteiger partial charge in [-0.15, -0.1) is 0 Å². The van der Waals surface area contributed by atoms with E-state index in [0.29, 0.717) is 10.7 Å². The number of fused-ring (bicyclic) bond motifs is 2. The number of benzene rings is 1. The smallest absolute Gasteiger partial charge is 0.307 e. The first-order chi connectivity index (χ1) is 11.3. The van der Waals surface area contributed by atoms with E-state index in [9.17, 15) is 14.7 Å². The molecule has 0 aromatic heterocycles. The van der Waals surface area contributed by atoms with Crippen LogP contribution >= 0.6 is 11.6 Å². The average molecular weight is 348 g/mol. The second-order valence-corrected chi connectivity index (χ2v) is 7.50. The highest BCUT2D eigenvalue weighted by atomic mass is 35.5. The van der Waals surface area contributed by atoms with E-state index in [1.54, 1.807) is 12.1 Å². The normalized spacial score (nSPS) is 28.1. The number of aryl methyl sites for hydroxylation is 1. The molecule has 2 aliphatic rings. The van der Waals surface area contributed by atoms with Gasteiger partial charge in [0.15, 0.2) is 0 Å². The molecular weight excluding hydrogens is 326 g/mol. The summed E-state index contributed by atoms with van der Waals surface area (Å²) in [7, 11) is 0. The number of carbonyl (C=O) groups excluding carboxylic acids is 1. The standard InChI is InChI=1S/C19H22ClNO3/c1-9(2)15-12-6-7-13(15)17(19(23)24)16(12)18(22)21-11-5-4-10(3)14(20)8-11/h4-5,8,12-13,16-17H,6-7H2,1-3H3,(H,21,22)(H,23,24)/t12-,13+,16-,17-/m0/s1. The molecule has 4 nitrogen and oxygen atoms in total. The van der Waals surface area contributed by atoms with Crippen LogP contribution < -0.4 is 5.32 Å². The van der Waals surface area contributed by atoms with Crippen molar-refractivity contribution in [2.75, 3.05) is 5.32 Å². The number of hydrogen-bond acceptors (Lipinski definition) is 2. The number of anilines is 1. The Morgan fingerprint density at radius 1 is 1.17 bits per heavy atom.